The minimum absolute atomic E-state index is 0.158. The van der Waals surface area contributed by atoms with Gasteiger partial charge in [0.1, 0.15) is 10.8 Å². The van der Waals surface area contributed by atoms with Crippen LogP contribution in [0.2, 0.25) is 0 Å². The van der Waals surface area contributed by atoms with Gasteiger partial charge in [-0.1, -0.05) is 0 Å². The van der Waals surface area contributed by atoms with E-state index in [1.165, 1.54) is 18.4 Å². The van der Waals surface area contributed by atoms with Crippen molar-refractivity contribution in [1.82, 2.24) is 0 Å². The van der Waals surface area contributed by atoms with Crippen molar-refractivity contribution in [1.29, 1.82) is 0 Å². The fraction of sp³-hybridized carbons (Fsp3) is 0.250. The van der Waals surface area contributed by atoms with E-state index in [-0.39, 0.29) is 10.7 Å². The number of halogens is 4. The molecule has 2 N–H and O–H groups in total. The first-order valence-corrected chi connectivity index (χ1v) is 8.40. The zero-order chi connectivity index (χ0) is 19.6. The molecule has 4 nitrogen and oxygen atoms in total. The summed E-state index contributed by atoms with van der Waals surface area (Å²) < 4.78 is 56.8. The second-order valence-electron chi connectivity index (χ2n) is 5.25. The lowest BCUT2D eigenvalue weighted by Crippen LogP contribution is -2.21. The Morgan fingerprint density at radius 1 is 1.23 bits per heavy atom. The molecule has 1 aromatic heterocycles. The number of carbonyl (C=O) groups is 1. The molecule has 0 bridgehead atoms. The summed E-state index contributed by atoms with van der Waals surface area (Å²) in [6.07, 6.45) is -4.61. The number of hydrogen-bond acceptors (Lipinski definition) is 4. The van der Waals surface area contributed by atoms with E-state index in [0.717, 1.165) is 4.88 Å². The number of ether oxygens (including phenoxy) is 1. The number of benzene rings is 1. The Labute approximate surface area is 156 Å². The molecule has 0 saturated heterocycles. The third-order valence-corrected chi connectivity index (χ3v) is 4.87. The molecule has 26 heavy (non-hydrogen) atoms. The van der Waals surface area contributed by atoms with Gasteiger partial charge in [-0.2, -0.15) is 13.2 Å². The van der Waals surface area contributed by atoms with Crippen LogP contribution < -0.4 is 10.6 Å². The molecule has 0 fully saturated rings. The number of esters is 1. The Hall–Kier alpha value is -2.20. The molecular formula is C16H14F4N2O2S2. The lowest BCUT2D eigenvalue weighted by molar-refractivity contribution is -0.137. The summed E-state index contributed by atoms with van der Waals surface area (Å²) >= 11 is 6.26. The Bertz CT molecular complexity index is 863. The van der Waals surface area contributed by atoms with Crippen LogP contribution in [0.15, 0.2) is 18.2 Å². The maximum absolute atomic E-state index is 13.8. The highest BCUT2D eigenvalue weighted by atomic mass is 32.1. The maximum atomic E-state index is 13.8. The van der Waals surface area contributed by atoms with Crippen LogP contribution in [0.5, 0.6) is 0 Å². The van der Waals surface area contributed by atoms with Crippen molar-refractivity contribution in [2.24, 2.45) is 0 Å². The van der Waals surface area contributed by atoms with Crippen molar-refractivity contribution in [2.45, 2.75) is 20.0 Å². The van der Waals surface area contributed by atoms with Crippen LogP contribution in [0.4, 0.5) is 28.3 Å². The summed E-state index contributed by atoms with van der Waals surface area (Å²) in [4.78, 5) is 12.7. The summed E-state index contributed by atoms with van der Waals surface area (Å²) in [6, 6.07) is 1.96. The molecule has 1 aromatic carbocycles. The van der Waals surface area contributed by atoms with Gasteiger partial charge >= 0.3 is 12.1 Å². The molecule has 0 aliphatic rings. The summed E-state index contributed by atoms with van der Waals surface area (Å²) in [5.41, 5.74) is -0.481. The average Bonchev–Trinajstić information content (AvgIpc) is 2.81. The zero-order valence-corrected chi connectivity index (χ0v) is 15.5. The molecule has 2 aromatic rings. The number of thiophene rings is 1. The van der Waals surface area contributed by atoms with E-state index in [9.17, 15) is 22.4 Å². The van der Waals surface area contributed by atoms with Gasteiger partial charge in [-0.15, -0.1) is 11.3 Å². The summed E-state index contributed by atoms with van der Waals surface area (Å²) in [5, 5.41) is 5.30. The predicted molar refractivity (Wildman–Crippen MR) is 96.4 cm³/mol. The lowest BCUT2D eigenvalue weighted by atomic mass is 10.1. The molecule has 0 radical (unpaired) electrons. The van der Waals surface area contributed by atoms with E-state index in [4.69, 9.17) is 17.0 Å². The van der Waals surface area contributed by atoms with E-state index < -0.39 is 29.2 Å². The van der Waals surface area contributed by atoms with Crippen LogP contribution in [0.1, 0.15) is 26.4 Å². The fourth-order valence-electron chi connectivity index (χ4n) is 2.12. The molecule has 2 rings (SSSR count). The normalized spacial score (nSPS) is 11.2. The predicted octanol–water partition coefficient (Wildman–Crippen LogP) is 5.12. The van der Waals surface area contributed by atoms with Gasteiger partial charge in [-0.3, -0.25) is 0 Å². The van der Waals surface area contributed by atoms with E-state index >= 15 is 0 Å². The van der Waals surface area contributed by atoms with Gasteiger partial charge < -0.3 is 15.4 Å². The average molecular weight is 406 g/mol. The maximum Gasteiger partial charge on any atom is 0.416 e. The lowest BCUT2D eigenvalue weighted by Gasteiger charge is -2.13. The number of hydrogen-bond donors (Lipinski definition) is 2. The number of nitrogens with one attached hydrogen (secondary N) is 2. The van der Waals surface area contributed by atoms with Gasteiger partial charge in [-0.25, -0.2) is 9.18 Å². The van der Waals surface area contributed by atoms with Crippen LogP contribution in [0.25, 0.3) is 0 Å². The fourth-order valence-corrected chi connectivity index (χ4v) is 3.45. The van der Waals surface area contributed by atoms with E-state index in [1.54, 1.807) is 13.8 Å². The van der Waals surface area contributed by atoms with Crippen molar-refractivity contribution in [3.63, 3.8) is 0 Å². The number of aryl methyl sites for hydroxylation is 1. The first kappa shape index (κ1) is 20.1. The smallest absolute Gasteiger partial charge is 0.416 e. The van der Waals surface area contributed by atoms with Crippen LogP contribution in [-0.2, 0) is 10.9 Å². The Morgan fingerprint density at radius 3 is 2.46 bits per heavy atom. The Kier molecular flexibility index (Phi) is 5.87. The molecule has 0 amide bonds. The molecule has 0 unspecified atom stereocenters. The van der Waals surface area contributed by atoms with Gasteiger partial charge in [0.2, 0.25) is 0 Å². The van der Waals surface area contributed by atoms with E-state index in [1.807, 2.05) is 0 Å². The van der Waals surface area contributed by atoms with Crippen LogP contribution >= 0.6 is 23.6 Å². The largest absolute Gasteiger partial charge is 0.465 e. The number of alkyl halides is 3. The Morgan fingerprint density at radius 2 is 1.88 bits per heavy atom. The van der Waals surface area contributed by atoms with Crippen molar-refractivity contribution >= 4 is 45.3 Å². The van der Waals surface area contributed by atoms with Crippen molar-refractivity contribution in [2.75, 3.05) is 17.7 Å². The van der Waals surface area contributed by atoms with Crippen molar-refractivity contribution in [3.05, 3.63) is 45.6 Å². The van der Waals surface area contributed by atoms with Gasteiger partial charge in [0, 0.05) is 4.88 Å². The SMILES string of the molecule is COC(=O)c1c(NC(=S)Nc2cc(C(F)(F)F)ccc2F)sc(C)c1C. The quantitative estimate of drug-likeness (QED) is 0.421. The summed E-state index contributed by atoms with van der Waals surface area (Å²) in [7, 11) is 1.23. The standard InChI is InChI=1S/C16H14F4N2O2S2/c1-7-8(2)26-13(12(7)14(23)24-3)22-15(25)21-11-6-9(16(18,19)20)4-5-10(11)17/h4-6H,1-3H3,(H2,21,22,25). The molecule has 0 spiro atoms. The third-order valence-electron chi connectivity index (χ3n) is 3.54. The third kappa shape index (κ3) is 4.31. The van der Waals surface area contributed by atoms with Crippen LogP contribution in [0, 0.1) is 19.7 Å². The molecule has 0 atom stereocenters. The minimum atomic E-state index is -4.61. The number of rotatable bonds is 3. The molecule has 140 valence electrons. The molecule has 1 heterocycles. The molecule has 10 heteroatoms. The molecule has 0 aliphatic carbocycles. The van der Waals surface area contributed by atoms with Gasteiger partial charge in [0.15, 0.2) is 5.11 Å². The number of anilines is 2. The van der Waals surface area contributed by atoms with Crippen LogP contribution in [-0.4, -0.2) is 18.2 Å². The zero-order valence-electron chi connectivity index (χ0n) is 13.9. The highest BCUT2D eigenvalue weighted by Crippen LogP contribution is 2.34. The van der Waals surface area contributed by atoms with E-state index in [0.29, 0.717) is 28.8 Å². The second-order valence-corrected chi connectivity index (χ2v) is 6.88. The monoisotopic (exact) mass is 406 g/mol. The summed E-state index contributed by atoms with van der Waals surface area (Å²) in [6.45, 7) is 3.52. The van der Waals surface area contributed by atoms with Gasteiger partial charge in [0.05, 0.1) is 23.9 Å². The molecular weight excluding hydrogens is 392 g/mol. The highest BCUT2D eigenvalue weighted by Gasteiger charge is 2.31. The number of methoxy groups -OCH3 is 1. The van der Waals surface area contributed by atoms with E-state index in [2.05, 4.69) is 10.6 Å². The first-order valence-electron chi connectivity index (χ1n) is 7.17. The van der Waals surface area contributed by atoms with Gasteiger partial charge in [-0.05, 0) is 49.8 Å². The summed E-state index contributed by atoms with van der Waals surface area (Å²) in [5.74, 6) is -1.48. The minimum Gasteiger partial charge on any atom is -0.465 e. The molecule has 0 aliphatic heterocycles. The number of carbonyl (C=O) groups excluding carboxylic acids is 1. The highest BCUT2D eigenvalue weighted by molar-refractivity contribution is 7.80. The second kappa shape index (κ2) is 7.58. The first-order chi connectivity index (χ1) is 12.0. The Balaban J connectivity index is 2.25. The van der Waals surface area contributed by atoms with Crippen LogP contribution in [0.3, 0.4) is 0 Å². The van der Waals surface area contributed by atoms with Gasteiger partial charge in [0.25, 0.3) is 0 Å². The van der Waals surface area contributed by atoms with Crippen molar-refractivity contribution < 1.29 is 27.1 Å². The van der Waals surface area contributed by atoms with Crippen molar-refractivity contribution in [3.8, 4) is 0 Å². The topological polar surface area (TPSA) is 50.4 Å². The molecule has 0 saturated carbocycles. The number of thiocarbonyl (C=S) groups is 1.